The minimum absolute atomic E-state index is 0.0571. The molecule has 0 aliphatic rings. The number of nitrogens with two attached hydrogens (primary N) is 1. The van der Waals surface area contributed by atoms with Gasteiger partial charge in [-0.2, -0.15) is 0 Å². The number of thiophene rings is 1. The maximum absolute atomic E-state index is 12.5. The molecule has 1 aromatic heterocycles. The molecule has 0 saturated carbocycles. The van der Waals surface area contributed by atoms with Crippen LogP contribution in [0.1, 0.15) is 54.1 Å². The molecule has 0 bridgehead atoms. The van der Waals surface area contributed by atoms with E-state index in [1.807, 2.05) is 38.1 Å². The van der Waals surface area contributed by atoms with Crippen LogP contribution in [-0.4, -0.2) is 17.9 Å². The van der Waals surface area contributed by atoms with E-state index in [1.54, 1.807) is 6.92 Å². The van der Waals surface area contributed by atoms with E-state index in [2.05, 4.69) is 26.1 Å². The van der Waals surface area contributed by atoms with E-state index in [9.17, 15) is 9.59 Å². The number of hydrogen-bond acceptors (Lipinski definition) is 4. The summed E-state index contributed by atoms with van der Waals surface area (Å²) < 4.78 is 5.73. The zero-order valence-electron chi connectivity index (χ0n) is 16.1. The second-order valence-electron chi connectivity index (χ2n) is 7.38. The van der Waals surface area contributed by atoms with Gasteiger partial charge in [-0.3, -0.25) is 9.59 Å². The lowest BCUT2D eigenvalue weighted by molar-refractivity contribution is -0.122. The SMILES string of the molecule is Cc1sc(NC(=O)C(C)Oc2ccc(C(C)(C)C)cc2)c(C(N)=O)c1C. The smallest absolute Gasteiger partial charge is 0.265 e. The average molecular weight is 375 g/mol. The fourth-order valence-electron chi connectivity index (χ4n) is 2.52. The first kappa shape index (κ1) is 20.0. The van der Waals surface area contributed by atoms with Gasteiger partial charge in [0, 0.05) is 4.88 Å². The largest absolute Gasteiger partial charge is 0.481 e. The van der Waals surface area contributed by atoms with E-state index in [-0.39, 0.29) is 11.3 Å². The first-order chi connectivity index (χ1) is 12.0. The summed E-state index contributed by atoms with van der Waals surface area (Å²) in [6, 6.07) is 7.71. The molecule has 2 aromatic rings. The maximum Gasteiger partial charge on any atom is 0.265 e. The van der Waals surface area contributed by atoms with Crippen molar-refractivity contribution >= 4 is 28.2 Å². The molecule has 140 valence electrons. The fraction of sp³-hybridized carbons (Fsp3) is 0.400. The Morgan fingerprint density at radius 3 is 2.23 bits per heavy atom. The van der Waals surface area contributed by atoms with Gasteiger partial charge < -0.3 is 15.8 Å². The molecule has 2 amide bonds. The molecule has 0 radical (unpaired) electrons. The molecule has 0 saturated heterocycles. The van der Waals surface area contributed by atoms with Crippen molar-refractivity contribution < 1.29 is 14.3 Å². The van der Waals surface area contributed by atoms with Crippen molar-refractivity contribution in [2.24, 2.45) is 5.73 Å². The van der Waals surface area contributed by atoms with Crippen molar-refractivity contribution in [3.8, 4) is 5.75 Å². The molecule has 1 unspecified atom stereocenters. The van der Waals surface area contributed by atoms with E-state index in [0.29, 0.717) is 16.3 Å². The molecule has 0 aliphatic heterocycles. The van der Waals surface area contributed by atoms with Crippen LogP contribution in [-0.2, 0) is 10.2 Å². The zero-order valence-corrected chi connectivity index (χ0v) is 16.9. The molecule has 1 heterocycles. The quantitative estimate of drug-likeness (QED) is 0.824. The van der Waals surface area contributed by atoms with Gasteiger partial charge in [-0.25, -0.2) is 0 Å². The van der Waals surface area contributed by atoms with Gasteiger partial charge in [-0.15, -0.1) is 11.3 Å². The summed E-state index contributed by atoms with van der Waals surface area (Å²) in [6.45, 7) is 11.8. The monoisotopic (exact) mass is 374 g/mol. The van der Waals surface area contributed by atoms with Crippen molar-refractivity contribution in [1.29, 1.82) is 0 Å². The number of carbonyl (C=O) groups is 2. The van der Waals surface area contributed by atoms with Crippen LogP contribution >= 0.6 is 11.3 Å². The predicted octanol–water partition coefficient (Wildman–Crippen LogP) is 4.17. The molecule has 2 rings (SSSR count). The Hall–Kier alpha value is -2.34. The number of primary amides is 1. The lowest BCUT2D eigenvalue weighted by Crippen LogP contribution is -2.30. The Bertz CT molecular complexity index is 817. The number of nitrogens with one attached hydrogen (secondary N) is 1. The Labute approximate surface area is 158 Å². The normalized spacial score (nSPS) is 12.5. The number of rotatable bonds is 5. The summed E-state index contributed by atoms with van der Waals surface area (Å²) in [5.41, 5.74) is 7.85. The van der Waals surface area contributed by atoms with Crippen LogP contribution in [0.5, 0.6) is 5.75 Å². The van der Waals surface area contributed by atoms with E-state index in [0.717, 1.165) is 10.4 Å². The Kier molecular flexibility index (Phi) is 5.76. The first-order valence-electron chi connectivity index (χ1n) is 8.48. The average Bonchev–Trinajstić information content (AvgIpc) is 2.81. The number of carbonyl (C=O) groups excluding carboxylic acids is 2. The number of amides is 2. The van der Waals surface area contributed by atoms with Gasteiger partial charge >= 0.3 is 0 Å². The van der Waals surface area contributed by atoms with Crippen LogP contribution < -0.4 is 15.8 Å². The van der Waals surface area contributed by atoms with Crippen LogP contribution in [0.2, 0.25) is 0 Å². The lowest BCUT2D eigenvalue weighted by Gasteiger charge is -2.20. The van der Waals surface area contributed by atoms with Crippen LogP contribution in [0, 0.1) is 13.8 Å². The minimum Gasteiger partial charge on any atom is -0.481 e. The van der Waals surface area contributed by atoms with Crippen molar-refractivity contribution in [3.05, 3.63) is 45.8 Å². The molecule has 0 spiro atoms. The molecule has 0 fully saturated rings. The molecule has 1 atom stereocenters. The summed E-state index contributed by atoms with van der Waals surface area (Å²) in [4.78, 5) is 25.1. The number of hydrogen-bond donors (Lipinski definition) is 2. The molecule has 6 heteroatoms. The Morgan fingerprint density at radius 2 is 1.73 bits per heavy atom. The van der Waals surface area contributed by atoms with Crippen LogP contribution in [0.15, 0.2) is 24.3 Å². The summed E-state index contributed by atoms with van der Waals surface area (Å²) >= 11 is 1.34. The van der Waals surface area contributed by atoms with Crippen molar-refractivity contribution in [1.82, 2.24) is 0 Å². The number of aryl methyl sites for hydroxylation is 1. The van der Waals surface area contributed by atoms with Gasteiger partial charge in [-0.05, 0) is 49.4 Å². The number of anilines is 1. The summed E-state index contributed by atoms with van der Waals surface area (Å²) in [5.74, 6) is -0.253. The van der Waals surface area contributed by atoms with Gasteiger partial charge in [0.25, 0.3) is 11.8 Å². The highest BCUT2D eigenvalue weighted by Crippen LogP contribution is 2.32. The van der Waals surface area contributed by atoms with Crippen molar-refractivity contribution in [2.45, 2.75) is 53.1 Å². The van der Waals surface area contributed by atoms with Crippen molar-refractivity contribution in [2.75, 3.05) is 5.32 Å². The Balaban J connectivity index is 2.09. The summed E-state index contributed by atoms with van der Waals surface area (Å²) in [5, 5.41) is 3.23. The number of benzene rings is 1. The van der Waals surface area contributed by atoms with Crippen molar-refractivity contribution in [3.63, 3.8) is 0 Å². The third-order valence-electron chi connectivity index (χ3n) is 4.27. The Morgan fingerprint density at radius 1 is 1.15 bits per heavy atom. The maximum atomic E-state index is 12.5. The van der Waals surface area contributed by atoms with E-state index in [1.165, 1.54) is 16.9 Å². The van der Waals surface area contributed by atoms with Crippen LogP contribution in [0.25, 0.3) is 0 Å². The zero-order chi connectivity index (χ0) is 19.6. The van der Waals surface area contributed by atoms with Gasteiger partial charge in [0.15, 0.2) is 6.10 Å². The number of ether oxygens (including phenoxy) is 1. The standard InChI is InChI=1S/C20H26N2O3S/c1-11-13(3)26-19(16(11)17(21)23)22-18(24)12(2)25-15-9-7-14(8-10-15)20(4,5)6/h7-10,12H,1-6H3,(H2,21,23)(H,22,24). The van der Waals surface area contributed by atoms with Crippen LogP contribution in [0.3, 0.4) is 0 Å². The molecule has 3 N–H and O–H groups in total. The molecular weight excluding hydrogens is 348 g/mol. The highest BCUT2D eigenvalue weighted by atomic mass is 32.1. The van der Waals surface area contributed by atoms with Gasteiger partial charge in [0.1, 0.15) is 10.8 Å². The van der Waals surface area contributed by atoms with Gasteiger partial charge in [0.2, 0.25) is 0 Å². The highest BCUT2D eigenvalue weighted by Gasteiger charge is 2.22. The third kappa shape index (κ3) is 4.43. The molecule has 0 aliphatic carbocycles. The molecular formula is C20H26N2O3S. The second-order valence-corrected chi connectivity index (χ2v) is 8.60. The summed E-state index contributed by atoms with van der Waals surface area (Å²) in [6.07, 6.45) is -0.709. The molecule has 1 aromatic carbocycles. The first-order valence-corrected chi connectivity index (χ1v) is 9.30. The van der Waals surface area contributed by atoms with E-state index >= 15 is 0 Å². The lowest BCUT2D eigenvalue weighted by atomic mass is 9.87. The second kappa shape index (κ2) is 7.50. The van der Waals surface area contributed by atoms with E-state index in [4.69, 9.17) is 10.5 Å². The minimum atomic E-state index is -0.709. The molecule has 26 heavy (non-hydrogen) atoms. The van der Waals surface area contributed by atoms with Gasteiger partial charge in [-0.1, -0.05) is 32.9 Å². The summed E-state index contributed by atoms with van der Waals surface area (Å²) in [7, 11) is 0. The highest BCUT2D eigenvalue weighted by molar-refractivity contribution is 7.16. The topological polar surface area (TPSA) is 81.4 Å². The van der Waals surface area contributed by atoms with Gasteiger partial charge in [0.05, 0.1) is 5.56 Å². The molecule has 5 nitrogen and oxygen atoms in total. The van der Waals surface area contributed by atoms with E-state index < -0.39 is 12.0 Å². The third-order valence-corrected chi connectivity index (χ3v) is 5.39. The predicted molar refractivity (Wildman–Crippen MR) is 106 cm³/mol. The van der Waals surface area contributed by atoms with Crippen LogP contribution in [0.4, 0.5) is 5.00 Å². The fourth-order valence-corrected chi connectivity index (χ4v) is 3.59.